The van der Waals surface area contributed by atoms with Gasteiger partial charge in [0.1, 0.15) is 22.9 Å². The van der Waals surface area contributed by atoms with Crippen LogP contribution in [0.25, 0.3) is 0 Å². The van der Waals surface area contributed by atoms with Gasteiger partial charge in [-0.2, -0.15) is 0 Å². The summed E-state index contributed by atoms with van der Waals surface area (Å²) in [7, 11) is 10.7. The first-order valence-corrected chi connectivity index (χ1v) is 13.3. The summed E-state index contributed by atoms with van der Waals surface area (Å²) in [6, 6.07) is 11.5. The van der Waals surface area contributed by atoms with E-state index < -0.39 is 0 Å². The molecule has 0 aliphatic carbocycles. The number of anilines is 2. The molecule has 0 unspecified atom stereocenters. The summed E-state index contributed by atoms with van der Waals surface area (Å²) in [6.07, 6.45) is 6.47. The van der Waals surface area contributed by atoms with Crippen molar-refractivity contribution in [3.63, 3.8) is 0 Å². The van der Waals surface area contributed by atoms with E-state index in [1.165, 1.54) is 0 Å². The van der Waals surface area contributed by atoms with E-state index in [0.29, 0.717) is 23.3 Å². The maximum Gasteiger partial charge on any atom is 0.403 e. The second-order valence-electron chi connectivity index (χ2n) is 9.41. The van der Waals surface area contributed by atoms with E-state index in [2.05, 4.69) is 41.3 Å². The van der Waals surface area contributed by atoms with Crippen molar-refractivity contribution in [2.24, 2.45) is 48.6 Å². The topological polar surface area (TPSA) is 135 Å². The Balaban J connectivity index is 1.20. The monoisotopic (exact) mass is 562 g/mol. The lowest BCUT2D eigenvalue weighted by Gasteiger charge is -2.12. The maximum atomic E-state index is 5.56. The predicted octanol–water partition coefficient (Wildman–Crippen LogP) is 4.34. The van der Waals surface area contributed by atoms with E-state index in [1.54, 1.807) is 45.4 Å². The fraction of sp³-hybridized carbons (Fsp3) is 0.407. The van der Waals surface area contributed by atoms with Crippen molar-refractivity contribution in [2.75, 3.05) is 37.9 Å². The van der Waals surface area contributed by atoms with Crippen LogP contribution in [0.3, 0.4) is 0 Å². The molecule has 0 saturated carbocycles. The van der Waals surface area contributed by atoms with E-state index in [9.17, 15) is 0 Å². The van der Waals surface area contributed by atoms with Gasteiger partial charge in [0, 0.05) is 35.5 Å². The van der Waals surface area contributed by atoms with Crippen LogP contribution in [0, 0.1) is 0 Å². The molecule has 0 amide bonds. The van der Waals surface area contributed by atoms with E-state index in [1.807, 2.05) is 64.6 Å². The maximum absolute atomic E-state index is 5.56. The number of hydrogen-bond acceptors (Lipinski definition) is 10. The fourth-order valence-corrected chi connectivity index (χ4v) is 4.10. The Bertz CT molecular complexity index is 1360. The second-order valence-corrected chi connectivity index (χ2v) is 9.41. The summed E-state index contributed by atoms with van der Waals surface area (Å²) in [5.41, 5.74) is 3.26. The molecule has 4 rings (SSSR count). The molecule has 2 heterocycles. The Hall–Kier alpha value is -4.88. The smallest absolute Gasteiger partial charge is 0.403 e. The van der Waals surface area contributed by atoms with E-state index in [-0.39, 0.29) is 0 Å². The van der Waals surface area contributed by atoms with Gasteiger partial charge in [0.2, 0.25) is 12.7 Å². The van der Waals surface area contributed by atoms with Crippen LogP contribution in [-0.4, -0.2) is 46.9 Å². The highest BCUT2D eigenvalue weighted by Crippen LogP contribution is 2.31. The van der Waals surface area contributed by atoms with E-state index >= 15 is 0 Å². The van der Waals surface area contributed by atoms with Gasteiger partial charge < -0.3 is 20.1 Å². The Kier molecular flexibility index (Phi) is 9.91. The molecule has 2 aromatic heterocycles. The molecule has 4 aromatic rings. The summed E-state index contributed by atoms with van der Waals surface area (Å²) in [5.74, 6) is 2.74. The molecule has 0 radical (unpaired) electrons. The molecule has 0 spiro atoms. The van der Waals surface area contributed by atoms with Crippen LogP contribution in [0.5, 0.6) is 11.5 Å². The van der Waals surface area contributed by atoms with Gasteiger partial charge in [-0.1, -0.05) is 10.2 Å². The molecule has 0 aliphatic heterocycles. The van der Waals surface area contributed by atoms with Gasteiger partial charge in [0.05, 0.1) is 53.8 Å². The number of aryl methyl sites for hydroxylation is 4. The zero-order valence-corrected chi connectivity index (χ0v) is 24.4. The molecule has 0 fully saturated rings. The lowest BCUT2D eigenvalue weighted by molar-refractivity contribution is -0.659. The largest absolute Gasteiger partial charge is 0.495 e. The number of rotatable bonds is 14. The Labute approximate surface area is 239 Å². The summed E-state index contributed by atoms with van der Waals surface area (Å²) in [5, 5.41) is 32.5. The van der Waals surface area contributed by atoms with Gasteiger partial charge in [0.25, 0.3) is 0 Å². The molecule has 0 aliphatic rings. The molecule has 0 bridgehead atoms. The Morgan fingerprint density at radius 2 is 1.12 bits per heavy atom. The zero-order valence-electron chi connectivity index (χ0n) is 24.4. The third-order valence-electron chi connectivity index (χ3n) is 6.37. The molecular formula is C27H38N12O2+2. The highest BCUT2D eigenvalue weighted by molar-refractivity contribution is 5.63. The zero-order chi connectivity index (χ0) is 29.2. The minimum atomic E-state index is 0.647. The molecule has 2 N–H and O–H groups in total. The third kappa shape index (κ3) is 7.62. The quantitative estimate of drug-likeness (QED) is 0.133. The number of nitrogens with one attached hydrogen (secondary N) is 2. The first-order valence-electron chi connectivity index (χ1n) is 13.3. The van der Waals surface area contributed by atoms with Crippen LogP contribution >= 0.6 is 0 Å². The first-order chi connectivity index (χ1) is 19.9. The molecule has 216 valence electrons. The van der Waals surface area contributed by atoms with Crippen LogP contribution in [0.2, 0.25) is 0 Å². The van der Waals surface area contributed by atoms with Crippen LogP contribution in [-0.2, 0) is 28.2 Å². The fourth-order valence-electron chi connectivity index (χ4n) is 4.10. The number of aromatic nitrogens is 6. The molecule has 14 nitrogen and oxygen atoms in total. The van der Waals surface area contributed by atoms with Gasteiger partial charge in [-0.05, 0) is 53.7 Å². The number of hydrogen-bond donors (Lipinski definition) is 2. The first kappa shape index (κ1) is 29.1. The van der Waals surface area contributed by atoms with Crippen LogP contribution in [0.4, 0.5) is 34.6 Å². The Morgan fingerprint density at radius 3 is 1.49 bits per heavy atom. The summed E-state index contributed by atoms with van der Waals surface area (Å²) >= 11 is 0. The van der Waals surface area contributed by atoms with Gasteiger partial charge >= 0.3 is 11.9 Å². The van der Waals surface area contributed by atoms with Crippen molar-refractivity contribution in [2.45, 2.75) is 19.3 Å². The van der Waals surface area contributed by atoms with Crippen molar-refractivity contribution in [3.8, 4) is 11.5 Å². The number of methoxy groups -OCH3 is 2. The van der Waals surface area contributed by atoms with Gasteiger partial charge in [-0.3, -0.25) is 0 Å². The average Bonchev–Trinajstić information content (AvgIpc) is 3.48. The normalized spacial score (nSPS) is 11.5. The van der Waals surface area contributed by atoms with Crippen molar-refractivity contribution in [1.82, 2.24) is 19.6 Å². The summed E-state index contributed by atoms with van der Waals surface area (Å²) in [4.78, 5) is 0. The van der Waals surface area contributed by atoms with Crippen molar-refractivity contribution in [3.05, 3.63) is 49.1 Å². The van der Waals surface area contributed by atoms with Crippen LogP contribution in [0.15, 0.2) is 69.5 Å². The number of azo groups is 2. The minimum absolute atomic E-state index is 0.647. The van der Waals surface area contributed by atoms with E-state index in [0.717, 1.165) is 55.2 Å². The molecule has 2 aromatic carbocycles. The Morgan fingerprint density at radius 1 is 0.683 bits per heavy atom. The highest BCUT2D eigenvalue weighted by atomic mass is 16.5. The van der Waals surface area contributed by atoms with Crippen molar-refractivity contribution >= 4 is 34.6 Å². The summed E-state index contributed by atoms with van der Waals surface area (Å²) in [6.45, 7) is 1.67. The lowest BCUT2D eigenvalue weighted by Crippen LogP contribution is -2.25. The lowest BCUT2D eigenvalue weighted by atomic mass is 10.2. The third-order valence-corrected chi connectivity index (χ3v) is 6.37. The standard InChI is InChI=1S/C27H36N12O2/c1-36-18-30-38(3)26(36)34-32-20-10-12-22(24(16-20)40-5)28-14-8-7-9-15-29-23-13-11-21(17-25(23)41-6)33-35-27-37(2)19-31-39(27)4/h10-13,16-19H,7-9,14-15H2,1-6H3/p+2. The second kappa shape index (κ2) is 14.0. The van der Waals surface area contributed by atoms with Crippen LogP contribution in [0.1, 0.15) is 19.3 Å². The van der Waals surface area contributed by atoms with Crippen molar-refractivity contribution < 1.29 is 18.6 Å². The van der Waals surface area contributed by atoms with Gasteiger partial charge in [-0.25, -0.2) is 9.13 Å². The average molecular weight is 563 g/mol. The van der Waals surface area contributed by atoms with Crippen molar-refractivity contribution in [1.29, 1.82) is 0 Å². The summed E-state index contributed by atoms with van der Waals surface area (Å²) < 4.78 is 18.1. The highest BCUT2D eigenvalue weighted by Gasteiger charge is 2.13. The number of nitrogens with zero attached hydrogens (tertiary/aromatic N) is 10. The predicted molar refractivity (Wildman–Crippen MR) is 154 cm³/mol. The molecule has 14 heteroatoms. The number of unbranched alkanes of at least 4 members (excludes halogenated alkanes) is 2. The molecule has 0 saturated heterocycles. The van der Waals surface area contributed by atoms with E-state index in [4.69, 9.17) is 9.47 Å². The van der Waals surface area contributed by atoms with Gasteiger partial charge in [0.15, 0.2) is 0 Å². The minimum Gasteiger partial charge on any atom is -0.495 e. The molecule has 0 atom stereocenters. The van der Waals surface area contributed by atoms with Crippen LogP contribution < -0.4 is 29.2 Å². The molecule has 41 heavy (non-hydrogen) atoms. The number of benzene rings is 2. The van der Waals surface area contributed by atoms with Gasteiger partial charge in [-0.15, -0.1) is 9.36 Å². The molecular weight excluding hydrogens is 524 g/mol. The SMILES string of the molecule is COc1cc(N=Nc2n(C)nc[n+]2C)ccc1NCCCCCNc1ccc(N=Nc2n(C)nc[n+]2C)cc1OC. The number of ether oxygens (including phenoxy) is 2.